The maximum Gasteiger partial charge on any atom is 0.295 e. The Morgan fingerprint density at radius 2 is 1.90 bits per heavy atom. The summed E-state index contributed by atoms with van der Waals surface area (Å²) in [4.78, 5) is 31.0. The topological polar surface area (TPSA) is 89.0 Å². The van der Waals surface area contributed by atoms with Gasteiger partial charge in [-0.2, -0.15) is 0 Å². The van der Waals surface area contributed by atoms with Crippen LogP contribution < -0.4 is 4.74 Å². The summed E-state index contributed by atoms with van der Waals surface area (Å²) < 4.78 is 10.8. The molecule has 2 heterocycles. The second-order valence-electron chi connectivity index (χ2n) is 7.41. The standard InChI is InChI=1S/C23H26N2O5/c1-14(2)30-18-6-5-17(13-15(18)3)21(26)19-20(16-7-9-24-10-8-16)25(11-12-29-4)23(28)22(19)27/h5-10,13-14,20,26H,11-12H2,1-4H3. The van der Waals surface area contributed by atoms with Gasteiger partial charge in [-0.25, -0.2) is 0 Å². The Morgan fingerprint density at radius 3 is 2.50 bits per heavy atom. The molecule has 1 saturated heterocycles. The van der Waals surface area contributed by atoms with Crippen molar-refractivity contribution < 1.29 is 24.2 Å². The average Bonchev–Trinajstić information content (AvgIpc) is 2.98. The number of aliphatic hydroxyl groups excluding tert-OH is 1. The van der Waals surface area contributed by atoms with Crippen LogP contribution in [-0.4, -0.2) is 53.0 Å². The predicted molar refractivity (Wildman–Crippen MR) is 112 cm³/mol. The molecule has 7 nitrogen and oxygen atoms in total. The minimum atomic E-state index is -0.717. The number of benzene rings is 1. The van der Waals surface area contributed by atoms with E-state index in [1.54, 1.807) is 42.7 Å². The first-order valence-electron chi connectivity index (χ1n) is 9.80. The van der Waals surface area contributed by atoms with Crippen molar-refractivity contribution in [1.82, 2.24) is 9.88 Å². The van der Waals surface area contributed by atoms with Crippen LogP contribution >= 0.6 is 0 Å². The van der Waals surface area contributed by atoms with Gasteiger partial charge in [0.05, 0.1) is 24.3 Å². The van der Waals surface area contributed by atoms with Crippen molar-refractivity contribution in [2.24, 2.45) is 0 Å². The molecule has 1 unspecified atom stereocenters. The van der Waals surface area contributed by atoms with Crippen molar-refractivity contribution in [3.8, 4) is 5.75 Å². The molecule has 2 aromatic rings. The van der Waals surface area contributed by atoms with Gasteiger partial charge < -0.3 is 19.5 Å². The molecular formula is C23H26N2O5. The van der Waals surface area contributed by atoms with E-state index in [4.69, 9.17) is 9.47 Å². The molecule has 1 aromatic carbocycles. The van der Waals surface area contributed by atoms with Crippen LogP contribution in [0.5, 0.6) is 5.75 Å². The number of carbonyl (C=O) groups is 2. The molecule has 1 aliphatic heterocycles. The van der Waals surface area contributed by atoms with E-state index in [1.807, 2.05) is 20.8 Å². The third-order valence-electron chi connectivity index (χ3n) is 4.91. The van der Waals surface area contributed by atoms with Crippen LogP contribution in [0.25, 0.3) is 5.76 Å². The number of aliphatic hydroxyl groups is 1. The third kappa shape index (κ3) is 4.21. The van der Waals surface area contributed by atoms with Crippen LogP contribution in [0.2, 0.25) is 0 Å². The molecule has 1 aromatic heterocycles. The minimum Gasteiger partial charge on any atom is -0.507 e. The molecule has 1 aliphatic rings. The molecule has 158 valence electrons. The Labute approximate surface area is 175 Å². The molecule has 1 amide bonds. The number of pyridine rings is 1. The van der Waals surface area contributed by atoms with Gasteiger partial charge in [0.1, 0.15) is 11.5 Å². The normalized spacial score (nSPS) is 18.3. The van der Waals surface area contributed by atoms with E-state index in [2.05, 4.69) is 4.98 Å². The summed E-state index contributed by atoms with van der Waals surface area (Å²) in [5, 5.41) is 11.1. The van der Waals surface area contributed by atoms with E-state index in [-0.39, 0.29) is 30.6 Å². The molecule has 30 heavy (non-hydrogen) atoms. The van der Waals surface area contributed by atoms with Crippen molar-refractivity contribution in [3.63, 3.8) is 0 Å². The molecular weight excluding hydrogens is 384 g/mol. The second-order valence-corrected chi connectivity index (χ2v) is 7.41. The van der Waals surface area contributed by atoms with Crippen molar-refractivity contribution in [3.05, 3.63) is 65.0 Å². The number of ether oxygens (including phenoxy) is 2. The zero-order chi connectivity index (χ0) is 21.8. The van der Waals surface area contributed by atoms with Gasteiger partial charge >= 0.3 is 0 Å². The Bertz CT molecular complexity index is 969. The van der Waals surface area contributed by atoms with E-state index in [0.29, 0.717) is 16.9 Å². The first-order chi connectivity index (χ1) is 14.3. The number of carbonyl (C=O) groups excluding carboxylic acids is 2. The highest BCUT2D eigenvalue weighted by atomic mass is 16.5. The number of amides is 1. The summed E-state index contributed by atoms with van der Waals surface area (Å²) in [7, 11) is 1.53. The number of methoxy groups -OCH3 is 1. The van der Waals surface area contributed by atoms with E-state index >= 15 is 0 Å². The largest absolute Gasteiger partial charge is 0.507 e. The molecule has 1 N–H and O–H groups in total. The highest BCUT2D eigenvalue weighted by Gasteiger charge is 2.45. The summed E-state index contributed by atoms with van der Waals surface area (Å²) in [6.07, 6.45) is 3.20. The van der Waals surface area contributed by atoms with E-state index in [9.17, 15) is 14.7 Å². The number of nitrogens with zero attached hydrogens (tertiary/aromatic N) is 2. The number of rotatable bonds is 7. The number of hydrogen-bond donors (Lipinski definition) is 1. The van der Waals surface area contributed by atoms with Crippen LogP contribution in [0.15, 0.2) is 48.3 Å². The lowest BCUT2D eigenvalue weighted by molar-refractivity contribution is -0.140. The molecule has 7 heteroatoms. The lowest BCUT2D eigenvalue weighted by Gasteiger charge is -2.25. The van der Waals surface area contributed by atoms with Crippen molar-refractivity contribution in [2.75, 3.05) is 20.3 Å². The Balaban J connectivity index is 2.10. The van der Waals surface area contributed by atoms with Gasteiger partial charge in [0, 0.05) is 31.6 Å². The van der Waals surface area contributed by atoms with Gasteiger partial charge in [-0.15, -0.1) is 0 Å². The van der Waals surface area contributed by atoms with Gasteiger partial charge in [-0.05, 0) is 62.2 Å². The zero-order valence-corrected chi connectivity index (χ0v) is 17.6. The SMILES string of the molecule is COCCN1C(=O)C(=O)C(=C(O)c2ccc(OC(C)C)c(C)c2)C1c1ccncc1. The summed E-state index contributed by atoms with van der Waals surface area (Å²) in [5.41, 5.74) is 2.02. The molecule has 0 radical (unpaired) electrons. The maximum absolute atomic E-state index is 12.9. The first-order valence-corrected chi connectivity index (χ1v) is 9.80. The fourth-order valence-corrected chi connectivity index (χ4v) is 3.53. The Morgan fingerprint density at radius 1 is 1.20 bits per heavy atom. The molecule has 0 bridgehead atoms. The van der Waals surface area contributed by atoms with E-state index < -0.39 is 17.7 Å². The van der Waals surface area contributed by atoms with Crippen molar-refractivity contribution in [1.29, 1.82) is 0 Å². The molecule has 0 aliphatic carbocycles. The van der Waals surface area contributed by atoms with E-state index in [0.717, 1.165) is 5.56 Å². The molecule has 1 atom stereocenters. The van der Waals surface area contributed by atoms with Gasteiger partial charge in [-0.3, -0.25) is 14.6 Å². The third-order valence-corrected chi connectivity index (χ3v) is 4.91. The summed E-state index contributed by atoms with van der Waals surface area (Å²) in [6.45, 7) is 6.24. The minimum absolute atomic E-state index is 0.0148. The van der Waals surface area contributed by atoms with Crippen LogP contribution in [0.1, 0.15) is 36.6 Å². The van der Waals surface area contributed by atoms with Gasteiger partial charge in [0.2, 0.25) is 0 Å². The predicted octanol–water partition coefficient (Wildman–Crippen LogP) is 3.25. The Kier molecular flexibility index (Phi) is 6.52. The lowest BCUT2D eigenvalue weighted by Crippen LogP contribution is -2.32. The quantitative estimate of drug-likeness (QED) is 0.428. The van der Waals surface area contributed by atoms with Crippen molar-refractivity contribution >= 4 is 17.4 Å². The zero-order valence-electron chi connectivity index (χ0n) is 17.6. The second kappa shape index (κ2) is 9.09. The molecule has 0 spiro atoms. The van der Waals surface area contributed by atoms with Gasteiger partial charge in [-0.1, -0.05) is 0 Å². The number of ketones is 1. The Hall–Kier alpha value is -3.19. The van der Waals surface area contributed by atoms with Gasteiger partial charge in [0.25, 0.3) is 11.7 Å². The first kappa shape index (κ1) is 21.5. The highest BCUT2D eigenvalue weighted by molar-refractivity contribution is 6.46. The monoisotopic (exact) mass is 410 g/mol. The summed E-state index contributed by atoms with van der Waals surface area (Å²) >= 11 is 0. The van der Waals surface area contributed by atoms with Gasteiger partial charge in [0.15, 0.2) is 0 Å². The highest BCUT2D eigenvalue weighted by Crippen LogP contribution is 2.39. The number of aryl methyl sites for hydroxylation is 1. The maximum atomic E-state index is 12.9. The molecule has 1 fully saturated rings. The summed E-state index contributed by atoms with van der Waals surface area (Å²) in [5.74, 6) is -0.889. The van der Waals surface area contributed by atoms with Crippen LogP contribution in [0, 0.1) is 6.92 Å². The summed E-state index contributed by atoms with van der Waals surface area (Å²) in [6, 6.07) is 7.94. The lowest BCUT2D eigenvalue weighted by atomic mass is 9.95. The number of hydrogen-bond acceptors (Lipinski definition) is 6. The van der Waals surface area contributed by atoms with E-state index in [1.165, 1.54) is 12.0 Å². The van der Waals surface area contributed by atoms with Crippen LogP contribution in [0.3, 0.4) is 0 Å². The van der Waals surface area contributed by atoms with Crippen molar-refractivity contribution in [2.45, 2.75) is 32.9 Å². The average molecular weight is 410 g/mol. The fourth-order valence-electron chi connectivity index (χ4n) is 3.53. The molecule has 0 saturated carbocycles. The molecule has 3 rings (SSSR count). The number of aromatic nitrogens is 1. The number of likely N-dealkylation sites (tertiary alicyclic amines) is 1. The smallest absolute Gasteiger partial charge is 0.295 e. The fraction of sp³-hybridized carbons (Fsp3) is 0.348. The number of Topliss-reactive ketones (excluding diaryl/α,β-unsaturated/α-hetero) is 1. The van der Waals surface area contributed by atoms with Crippen LogP contribution in [-0.2, 0) is 14.3 Å². The van der Waals surface area contributed by atoms with Crippen LogP contribution in [0.4, 0.5) is 0 Å².